The summed E-state index contributed by atoms with van der Waals surface area (Å²) in [6.07, 6.45) is -0.606. The highest BCUT2D eigenvalue weighted by atomic mass is 32.3. The fourth-order valence-corrected chi connectivity index (χ4v) is 6.02. The molecule has 0 aliphatic heterocycles. The molecule has 0 bridgehead atoms. The Balaban J connectivity index is 2.00. The molecule has 22 heteroatoms. The van der Waals surface area contributed by atoms with E-state index < -0.39 is 104 Å². The number of amides is 1. The molecule has 1 amide bonds. The predicted molar refractivity (Wildman–Crippen MR) is 147 cm³/mol. The van der Waals surface area contributed by atoms with Crippen molar-refractivity contribution >= 4 is 74.2 Å². The van der Waals surface area contributed by atoms with Crippen LogP contribution in [-0.4, -0.2) is 81.6 Å². The van der Waals surface area contributed by atoms with Crippen molar-refractivity contribution < 1.29 is 66.5 Å². The van der Waals surface area contributed by atoms with Gasteiger partial charge in [0, 0.05) is 17.5 Å². The highest BCUT2D eigenvalue weighted by molar-refractivity contribution is 7.91. The number of fused-ring (bicyclic) bond motifs is 1. The Bertz CT molecular complexity index is 2060. The normalized spacial score (nSPS) is 13.0. The molecule has 0 fully saturated rings. The first-order chi connectivity index (χ1) is 19.7. The van der Waals surface area contributed by atoms with E-state index in [-0.39, 0.29) is 16.5 Å². The Hall–Kier alpha value is -3.77. The number of aromatic hydroxyl groups is 2. The van der Waals surface area contributed by atoms with Crippen LogP contribution >= 0.6 is 0 Å². The molecule has 0 aromatic heterocycles. The SMILES string of the molecule is O=C(CCS(=O)(=O)O)Nc1ccc2c(O)c(/N=N/c3cc(S(=O)(=O)CCOS(=O)(=O)O)ccc3O)c(S(=O)(=O)O)cc2c1. The first kappa shape index (κ1) is 33.7. The number of phenols is 2. The molecule has 234 valence electrons. The molecule has 3 aromatic carbocycles. The highest BCUT2D eigenvalue weighted by Gasteiger charge is 2.23. The predicted octanol–water partition coefficient (Wildman–Crippen LogP) is 1.72. The lowest BCUT2D eigenvalue weighted by molar-refractivity contribution is -0.115. The maximum atomic E-state index is 12.5. The van der Waals surface area contributed by atoms with Gasteiger partial charge < -0.3 is 15.5 Å². The average molecular weight is 684 g/mol. The van der Waals surface area contributed by atoms with Gasteiger partial charge in [-0.05, 0) is 47.9 Å². The van der Waals surface area contributed by atoms with Crippen LogP contribution in [0.4, 0.5) is 17.1 Å². The van der Waals surface area contributed by atoms with Crippen molar-refractivity contribution in [2.45, 2.75) is 16.2 Å². The van der Waals surface area contributed by atoms with Gasteiger partial charge >= 0.3 is 10.4 Å². The van der Waals surface area contributed by atoms with Gasteiger partial charge in [-0.1, -0.05) is 0 Å². The molecule has 3 rings (SSSR count). The Morgan fingerprint density at radius 2 is 1.51 bits per heavy atom. The second-order valence-electron chi connectivity index (χ2n) is 8.49. The molecular formula is C21H21N3O15S4. The maximum absolute atomic E-state index is 12.5. The summed E-state index contributed by atoms with van der Waals surface area (Å²) < 4.78 is 123. The van der Waals surface area contributed by atoms with E-state index in [2.05, 4.69) is 19.7 Å². The number of hydrogen-bond donors (Lipinski definition) is 6. The second kappa shape index (κ2) is 12.5. The molecule has 0 unspecified atom stereocenters. The maximum Gasteiger partial charge on any atom is 0.397 e. The molecule has 0 radical (unpaired) electrons. The zero-order valence-electron chi connectivity index (χ0n) is 21.2. The Kier molecular flexibility index (Phi) is 9.77. The summed E-state index contributed by atoms with van der Waals surface area (Å²) >= 11 is 0. The van der Waals surface area contributed by atoms with Gasteiger partial charge in [0.25, 0.3) is 20.2 Å². The zero-order chi connectivity index (χ0) is 32.4. The monoisotopic (exact) mass is 683 g/mol. The van der Waals surface area contributed by atoms with Gasteiger partial charge in [-0.3, -0.25) is 18.5 Å². The van der Waals surface area contributed by atoms with Crippen molar-refractivity contribution in [3.8, 4) is 11.5 Å². The molecule has 3 aromatic rings. The number of carbonyl (C=O) groups excluding carboxylic acids is 1. The first-order valence-electron chi connectivity index (χ1n) is 11.3. The standard InChI is InChI=1S/C21H21N3O15S4/c25-17-4-2-14(40(28,29)8-6-39-43(36,37)38)11-16(17)23-24-20-18(42(33,34)35)10-12-9-13(1-3-15(12)21(20)27)22-19(26)5-7-41(30,31)32/h1-4,9-11,25,27H,5-8H2,(H,22,26)(H,30,31,32)(H,33,34,35)(H,36,37,38)/b24-23+. The largest absolute Gasteiger partial charge is 0.506 e. The Morgan fingerprint density at radius 1 is 0.837 bits per heavy atom. The van der Waals surface area contributed by atoms with Crippen LogP contribution in [0.2, 0.25) is 0 Å². The number of hydrogen-bond acceptors (Lipinski definition) is 14. The van der Waals surface area contributed by atoms with Crippen molar-refractivity contribution in [1.82, 2.24) is 0 Å². The van der Waals surface area contributed by atoms with Gasteiger partial charge in [-0.15, -0.1) is 10.2 Å². The summed E-state index contributed by atoms with van der Waals surface area (Å²) in [7, 11) is -18.7. The van der Waals surface area contributed by atoms with E-state index in [4.69, 9.17) is 9.11 Å². The van der Waals surface area contributed by atoms with Gasteiger partial charge in [0.15, 0.2) is 15.6 Å². The van der Waals surface area contributed by atoms with Gasteiger partial charge in [-0.2, -0.15) is 25.3 Å². The van der Waals surface area contributed by atoms with Crippen LogP contribution in [0.1, 0.15) is 6.42 Å². The molecule has 18 nitrogen and oxygen atoms in total. The third-order valence-electron chi connectivity index (χ3n) is 5.35. The molecule has 0 saturated carbocycles. The van der Waals surface area contributed by atoms with E-state index in [1.54, 1.807) is 0 Å². The topological polar surface area (TPSA) is 301 Å². The van der Waals surface area contributed by atoms with E-state index in [1.807, 2.05) is 0 Å². The third kappa shape index (κ3) is 9.36. The molecule has 43 heavy (non-hydrogen) atoms. The summed E-state index contributed by atoms with van der Waals surface area (Å²) in [4.78, 5) is 10.5. The van der Waals surface area contributed by atoms with E-state index in [9.17, 15) is 53.2 Å². The van der Waals surface area contributed by atoms with Gasteiger partial charge in [0.05, 0.1) is 23.0 Å². The zero-order valence-corrected chi connectivity index (χ0v) is 24.5. The minimum absolute atomic E-state index is 0.0211. The molecule has 0 aliphatic carbocycles. The van der Waals surface area contributed by atoms with Crippen molar-refractivity contribution in [3.05, 3.63) is 42.5 Å². The van der Waals surface area contributed by atoms with E-state index in [0.29, 0.717) is 0 Å². The van der Waals surface area contributed by atoms with Crippen LogP contribution in [0.25, 0.3) is 10.8 Å². The van der Waals surface area contributed by atoms with Crippen LogP contribution < -0.4 is 5.32 Å². The van der Waals surface area contributed by atoms with E-state index >= 15 is 0 Å². The molecule has 0 atom stereocenters. The highest BCUT2D eigenvalue weighted by Crippen LogP contribution is 2.42. The van der Waals surface area contributed by atoms with Crippen LogP contribution in [0.3, 0.4) is 0 Å². The summed E-state index contributed by atoms with van der Waals surface area (Å²) in [5, 5.41) is 30.3. The smallest absolute Gasteiger partial charge is 0.397 e. The number of nitrogens with zero attached hydrogens (tertiary/aromatic N) is 2. The number of phenolic OH excluding ortho intramolecular Hbond substituents is 2. The molecule has 0 spiro atoms. The average Bonchev–Trinajstić information content (AvgIpc) is 2.85. The van der Waals surface area contributed by atoms with E-state index in [0.717, 1.165) is 24.3 Å². The van der Waals surface area contributed by atoms with Crippen molar-refractivity contribution in [2.24, 2.45) is 10.2 Å². The number of nitrogens with one attached hydrogen (secondary N) is 1. The van der Waals surface area contributed by atoms with Crippen LogP contribution in [0.5, 0.6) is 11.5 Å². The second-order valence-corrected chi connectivity index (χ2v) is 14.6. The molecule has 0 heterocycles. The van der Waals surface area contributed by atoms with Crippen LogP contribution in [0, 0.1) is 0 Å². The molecular weight excluding hydrogens is 663 g/mol. The lowest BCUT2D eigenvalue weighted by atomic mass is 10.1. The molecule has 0 saturated heterocycles. The minimum Gasteiger partial charge on any atom is -0.506 e. The summed E-state index contributed by atoms with van der Waals surface area (Å²) in [6.45, 7) is -0.947. The fraction of sp³-hybridized carbons (Fsp3) is 0.190. The summed E-state index contributed by atoms with van der Waals surface area (Å²) in [5.41, 5.74) is -1.36. The number of benzene rings is 3. The number of sulfone groups is 1. The van der Waals surface area contributed by atoms with Crippen LogP contribution in [0.15, 0.2) is 62.5 Å². The van der Waals surface area contributed by atoms with Crippen molar-refractivity contribution in [3.63, 3.8) is 0 Å². The van der Waals surface area contributed by atoms with E-state index in [1.165, 1.54) is 18.2 Å². The summed E-state index contributed by atoms with van der Waals surface area (Å²) in [5.74, 6) is -4.10. The number of rotatable bonds is 12. The lowest BCUT2D eigenvalue weighted by Gasteiger charge is -2.11. The number of azo groups is 1. The van der Waals surface area contributed by atoms with Gasteiger partial charge in [0.1, 0.15) is 22.0 Å². The summed E-state index contributed by atoms with van der Waals surface area (Å²) in [6, 6.07) is 7.05. The van der Waals surface area contributed by atoms with Crippen LogP contribution in [-0.2, 0) is 49.5 Å². The Morgan fingerprint density at radius 3 is 2.12 bits per heavy atom. The minimum atomic E-state index is -5.11. The first-order valence-corrected chi connectivity index (χ1v) is 17.3. The quantitative estimate of drug-likeness (QED) is 0.117. The number of anilines is 1. The molecule has 0 aliphatic rings. The number of carbonyl (C=O) groups is 1. The lowest BCUT2D eigenvalue weighted by Crippen LogP contribution is -2.16. The van der Waals surface area contributed by atoms with Gasteiger partial charge in [0.2, 0.25) is 5.91 Å². The Labute approximate surface area is 244 Å². The van der Waals surface area contributed by atoms with Crippen molar-refractivity contribution in [1.29, 1.82) is 0 Å². The van der Waals surface area contributed by atoms with Gasteiger partial charge in [-0.25, -0.2) is 12.6 Å². The third-order valence-corrected chi connectivity index (χ3v) is 9.08. The van der Waals surface area contributed by atoms with Crippen molar-refractivity contribution in [2.75, 3.05) is 23.4 Å². The molecule has 6 N–H and O–H groups in total. The fourth-order valence-electron chi connectivity index (χ4n) is 3.42.